The zero-order valence-electron chi connectivity index (χ0n) is 10.0. The molecule has 2 aromatic rings. The van der Waals surface area contributed by atoms with Crippen molar-refractivity contribution in [2.45, 2.75) is 11.3 Å². The van der Waals surface area contributed by atoms with Crippen LogP contribution in [0.5, 0.6) is 0 Å². The highest BCUT2D eigenvalue weighted by Crippen LogP contribution is 2.30. The molecule has 1 amide bonds. The van der Waals surface area contributed by atoms with Crippen molar-refractivity contribution in [1.82, 2.24) is 10.2 Å². The highest BCUT2D eigenvalue weighted by molar-refractivity contribution is 8.01. The quantitative estimate of drug-likeness (QED) is 0.829. The zero-order chi connectivity index (χ0) is 13.8. The second-order valence-corrected chi connectivity index (χ2v) is 6.27. The summed E-state index contributed by atoms with van der Waals surface area (Å²) in [6.07, 6.45) is 0. The Morgan fingerprint density at radius 2 is 2.32 bits per heavy atom. The average molecular weight is 315 g/mol. The van der Waals surface area contributed by atoms with Gasteiger partial charge in [0.15, 0.2) is 4.34 Å². The SMILES string of the molecule is Cc1c(Cl)cccc1Nc1nnc(SCC(N)=O)s1. The minimum Gasteiger partial charge on any atom is -0.369 e. The van der Waals surface area contributed by atoms with Gasteiger partial charge in [0.05, 0.1) is 5.75 Å². The van der Waals surface area contributed by atoms with E-state index in [1.807, 2.05) is 25.1 Å². The van der Waals surface area contributed by atoms with Crippen molar-refractivity contribution in [3.63, 3.8) is 0 Å². The van der Waals surface area contributed by atoms with Gasteiger partial charge >= 0.3 is 0 Å². The monoisotopic (exact) mass is 314 g/mol. The molecular formula is C11H11ClN4OS2. The third-order valence-corrected chi connectivity index (χ3v) is 4.66. The summed E-state index contributed by atoms with van der Waals surface area (Å²) in [5.41, 5.74) is 6.91. The Labute approximate surface area is 123 Å². The first-order valence-corrected chi connectivity index (χ1v) is 7.51. The lowest BCUT2D eigenvalue weighted by atomic mass is 10.2. The molecule has 0 bridgehead atoms. The number of nitrogens with zero attached hydrogens (tertiary/aromatic N) is 2. The number of carbonyl (C=O) groups excluding carboxylic acids is 1. The maximum Gasteiger partial charge on any atom is 0.227 e. The Bertz CT molecular complexity index is 602. The van der Waals surface area contributed by atoms with Crippen LogP contribution >= 0.6 is 34.7 Å². The Hall–Kier alpha value is -1.31. The zero-order valence-corrected chi connectivity index (χ0v) is 12.4. The van der Waals surface area contributed by atoms with Crippen LogP contribution in [0.3, 0.4) is 0 Å². The summed E-state index contributed by atoms with van der Waals surface area (Å²) in [5.74, 6) is -0.175. The number of primary amides is 1. The maximum absolute atomic E-state index is 10.7. The minimum absolute atomic E-state index is 0.199. The summed E-state index contributed by atoms with van der Waals surface area (Å²) in [7, 11) is 0. The lowest BCUT2D eigenvalue weighted by Crippen LogP contribution is -2.12. The van der Waals surface area contributed by atoms with Gasteiger partial charge in [-0.2, -0.15) is 0 Å². The number of nitrogens with two attached hydrogens (primary N) is 1. The molecule has 0 saturated heterocycles. The summed E-state index contributed by atoms with van der Waals surface area (Å²) in [5, 5.41) is 12.5. The number of aromatic nitrogens is 2. The van der Waals surface area contributed by atoms with Crippen molar-refractivity contribution in [2.24, 2.45) is 5.73 Å². The van der Waals surface area contributed by atoms with Crippen LogP contribution in [0, 0.1) is 6.92 Å². The molecule has 0 aliphatic heterocycles. The predicted octanol–water partition coefficient (Wildman–Crippen LogP) is 2.82. The van der Waals surface area contributed by atoms with E-state index in [0.29, 0.717) is 14.5 Å². The van der Waals surface area contributed by atoms with Crippen LogP contribution in [0.1, 0.15) is 5.56 Å². The van der Waals surface area contributed by atoms with Crippen LogP contribution in [0.4, 0.5) is 10.8 Å². The molecule has 2 rings (SSSR count). The fourth-order valence-corrected chi connectivity index (χ4v) is 2.99. The molecule has 1 heterocycles. The minimum atomic E-state index is -0.375. The van der Waals surface area contributed by atoms with Crippen molar-refractivity contribution in [3.05, 3.63) is 28.8 Å². The highest BCUT2D eigenvalue weighted by Gasteiger charge is 2.08. The van der Waals surface area contributed by atoms with E-state index in [0.717, 1.165) is 11.3 Å². The number of benzene rings is 1. The first-order chi connectivity index (χ1) is 9.06. The standard InChI is InChI=1S/C11H11ClN4OS2/c1-6-7(12)3-2-4-8(6)14-10-15-16-11(19-10)18-5-9(13)17/h2-4H,5H2,1H3,(H2,13,17)(H,14,15). The second-order valence-electron chi connectivity index (χ2n) is 3.67. The van der Waals surface area contributed by atoms with Crippen molar-refractivity contribution in [1.29, 1.82) is 0 Å². The van der Waals surface area contributed by atoms with Gasteiger partial charge in [0.2, 0.25) is 11.0 Å². The van der Waals surface area contributed by atoms with E-state index < -0.39 is 0 Å². The van der Waals surface area contributed by atoms with Gasteiger partial charge in [-0.05, 0) is 24.6 Å². The van der Waals surface area contributed by atoms with Gasteiger partial charge in [0, 0.05) is 10.7 Å². The number of carbonyl (C=O) groups is 1. The van der Waals surface area contributed by atoms with Crippen LogP contribution in [-0.4, -0.2) is 21.9 Å². The van der Waals surface area contributed by atoms with Gasteiger partial charge < -0.3 is 11.1 Å². The van der Waals surface area contributed by atoms with Crippen LogP contribution in [-0.2, 0) is 4.79 Å². The van der Waals surface area contributed by atoms with E-state index in [4.69, 9.17) is 17.3 Å². The first-order valence-electron chi connectivity index (χ1n) is 5.33. The highest BCUT2D eigenvalue weighted by atomic mass is 35.5. The number of hydrogen-bond donors (Lipinski definition) is 2. The van der Waals surface area contributed by atoms with Crippen molar-refractivity contribution in [3.8, 4) is 0 Å². The van der Waals surface area contributed by atoms with E-state index in [1.54, 1.807) is 0 Å². The fraction of sp³-hybridized carbons (Fsp3) is 0.182. The maximum atomic E-state index is 10.7. The fourth-order valence-electron chi connectivity index (χ4n) is 1.31. The topological polar surface area (TPSA) is 80.9 Å². The number of rotatable bonds is 5. The van der Waals surface area contributed by atoms with Crippen LogP contribution in [0.2, 0.25) is 5.02 Å². The molecule has 1 aromatic heterocycles. The Morgan fingerprint density at radius 3 is 3.05 bits per heavy atom. The van der Waals surface area contributed by atoms with E-state index in [1.165, 1.54) is 23.1 Å². The van der Waals surface area contributed by atoms with Gasteiger partial charge in [0.1, 0.15) is 0 Å². The molecule has 0 fully saturated rings. The van der Waals surface area contributed by atoms with Gasteiger partial charge in [-0.25, -0.2) is 0 Å². The Morgan fingerprint density at radius 1 is 1.53 bits per heavy atom. The molecule has 100 valence electrons. The largest absolute Gasteiger partial charge is 0.369 e. The summed E-state index contributed by atoms with van der Waals surface area (Å²) < 4.78 is 0.695. The van der Waals surface area contributed by atoms with Crippen molar-refractivity contribution in [2.75, 3.05) is 11.1 Å². The molecule has 5 nitrogen and oxygen atoms in total. The molecule has 0 unspecified atom stereocenters. The summed E-state index contributed by atoms with van der Waals surface area (Å²) in [4.78, 5) is 10.7. The van der Waals surface area contributed by atoms with E-state index in [2.05, 4.69) is 15.5 Å². The number of hydrogen-bond acceptors (Lipinski definition) is 6. The van der Waals surface area contributed by atoms with Crippen molar-refractivity contribution < 1.29 is 4.79 Å². The molecular weight excluding hydrogens is 304 g/mol. The number of nitrogens with one attached hydrogen (secondary N) is 1. The lowest BCUT2D eigenvalue weighted by molar-refractivity contribution is -0.115. The van der Waals surface area contributed by atoms with Gasteiger partial charge in [-0.1, -0.05) is 40.8 Å². The summed E-state index contributed by atoms with van der Waals surface area (Å²) >= 11 is 8.68. The van der Waals surface area contributed by atoms with E-state index >= 15 is 0 Å². The smallest absolute Gasteiger partial charge is 0.227 e. The van der Waals surface area contributed by atoms with Gasteiger partial charge in [-0.3, -0.25) is 4.79 Å². The first kappa shape index (κ1) is 14.1. The third kappa shape index (κ3) is 3.82. The van der Waals surface area contributed by atoms with E-state index in [9.17, 15) is 4.79 Å². The van der Waals surface area contributed by atoms with Gasteiger partial charge in [-0.15, -0.1) is 10.2 Å². The number of amides is 1. The number of thioether (sulfide) groups is 1. The molecule has 3 N–H and O–H groups in total. The molecule has 1 aromatic carbocycles. The van der Waals surface area contributed by atoms with Gasteiger partial charge in [0.25, 0.3) is 0 Å². The third-order valence-electron chi connectivity index (χ3n) is 2.25. The molecule has 0 spiro atoms. The van der Waals surface area contributed by atoms with E-state index in [-0.39, 0.29) is 11.7 Å². The molecule has 0 radical (unpaired) electrons. The molecule has 0 aliphatic carbocycles. The molecule has 19 heavy (non-hydrogen) atoms. The van der Waals surface area contributed by atoms with Crippen LogP contribution in [0.15, 0.2) is 22.5 Å². The lowest BCUT2D eigenvalue weighted by Gasteiger charge is -2.06. The summed E-state index contributed by atoms with van der Waals surface area (Å²) in [6.45, 7) is 1.93. The summed E-state index contributed by atoms with van der Waals surface area (Å²) in [6, 6.07) is 5.61. The average Bonchev–Trinajstić information content (AvgIpc) is 2.80. The number of anilines is 2. The Balaban J connectivity index is 2.07. The molecule has 0 saturated carbocycles. The molecule has 8 heteroatoms. The molecule has 0 aliphatic rings. The normalized spacial score (nSPS) is 10.4. The van der Waals surface area contributed by atoms with Crippen LogP contribution in [0.25, 0.3) is 0 Å². The van der Waals surface area contributed by atoms with Crippen LogP contribution < -0.4 is 11.1 Å². The predicted molar refractivity (Wildman–Crippen MR) is 79.3 cm³/mol. The van der Waals surface area contributed by atoms with Crippen molar-refractivity contribution >= 4 is 51.4 Å². The molecule has 0 atom stereocenters. The second kappa shape index (κ2) is 6.23. The Kier molecular flexibility index (Phi) is 4.62. The number of halogens is 1.